The number of hydrogen-bond donors (Lipinski definition) is 0. The Bertz CT molecular complexity index is 1320. The van der Waals surface area contributed by atoms with Crippen LogP contribution in [0, 0.1) is 0 Å². The zero-order chi connectivity index (χ0) is 22.4. The molecule has 2 atom stereocenters. The van der Waals surface area contributed by atoms with Gasteiger partial charge < -0.3 is 0 Å². The zero-order valence-electron chi connectivity index (χ0n) is 18.7. The molecule has 0 spiro atoms. The Kier molecular flexibility index (Phi) is 4.72. The van der Waals surface area contributed by atoms with E-state index in [9.17, 15) is 0 Å². The minimum absolute atomic E-state index is 0.244. The highest BCUT2D eigenvalue weighted by atomic mass is 14.9. The van der Waals surface area contributed by atoms with Crippen molar-refractivity contribution in [1.82, 2.24) is 9.97 Å². The average molecular weight is 429 g/mol. The minimum atomic E-state index is 0.244. The van der Waals surface area contributed by atoms with Gasteiger partial charge in [0, 0.05) is 29.6 Å². The van der Waals surface area contributed by atoms with Gasteiger partial charge in [0.15, 0.2) is 0 Å². The second kappa shape index (κ2) is 7.89. The van der Waals surface area contributed by atoms with Gasteiger partial charge in [-0.15, -0.1) is 0 Å². The smallest absolute Gasteiger partial charge is 0.0854 e. The van der Waals surface area contributed by atoms with Crippen LogP contribution in [0.5, 0.6) is 0 Å². The lowest BCUT2D eigenvalue weighted by molar-refractivity contribution is 0.980. The molecule has 0 N–H and O–H groups in total. The van der Waals surface area contributed by atoms with E-state index in [1.807, 2.05) is 12.1 Å². The third-order valence-corrected chi connectivity index (χ3v) is 6.61. The van der Waals surface area contributed by atoms with Crippen LogP contribution in [0.25, 0.3) is 0 Å². The van der Waals surface area contributed by atoms with E-state index in [2.05, 4.69) is 86.6 Å². The van der Waals surface area contributed by atoms with E-state index < -0.39 is 0 Å². The van der Waals surface area contributed by atoms with Gasteiger partial charge in [0.25, 0.3) is 0 Å². The maximum Gasteiger partial charge on any atom is 0.0854 e. The van der Waals surface area contributed by atoms with Gasteiger partial charge in [0.05, 0.1) is 34.2 Å². The summed E-state index contributed by atoms with van der Waals surface area (Å²) in [6, 6.07) is 29.1. The SMILES string of the molecule is CC1C(c2cccc(Cc3cccc(C4=Nc5ccccc5C4C)n3)n2)=Nc2ccccc21. The van der Waals surface area contributed by atoms with E-state index in [-0.39, 0.29) is 11.8 Å². The van der Waals surface area contributed by atoms with Gasteiger partial charge >= 0.3 is 0 Å². The number of hydrogen-bond acceptors (Lipinski definition) is 4. The third-order valence-electron chi connectivity index (χ3n) is 6.61. The van der Waals surface area contributed by atoms with Gasteiger partial charge in [0.1, 0.15) is 0 Å². The molecule has 2 aromatic heterocycles. The summed E-state index contributed by atoms with van der Waals surface area (Å²) in [7, 11) is 0. The number of fused-ring (bicyclic) bond motifs is 2. The molecular formula is C29H24N4. The Morgan fingerprint density at radius 2 is 1.00 bits per heavy atom. The number of nitrogens with zero attached hydrogens (tertiary/aromatic N) is 4. The Labute approximate surface area is 193 Å². The predicted molar refractivity (Wildman–Crippen MR) is 133 cm³/mol. The molecule has 4 heteroatoms. The van der Waals surface area contributed by atoms with Gasteiger partial charge in [-0.1, -0.05) is 62.4 Å². The summed E-state index contributed by atoms with van der Waals surface area (Å²) < 4.78 is 0. The first-order valence-electron chi connectivity index (χ1n) is 11.4. The fraction of sp³-hybridized carbons (Fsp3) is 0.172. The Morgan fingerprint density at radius 1 is 0.545 bits per heavy atom. The van der Waals surface area contributed by atoms with Crippen LogP contribution in [0.4, 0.5) is 11.4 Å². The van der Waals surface area contributed by atoms with Crippen molar-refractivity contribution in [3.63, 3.8) is 0 Å². The molecule has 2 aromatic carbocycles. The largest absolute Gasteiger partial charge is 0.251 e. The molecule has 0 saturated heterocycles. The molecule has 4 heterocycles. The fourth-order valence-corrected chi connectivity index (χ4v) is 4.84. The molecule has 2 aliphatic rings. The number of para-hydroxylation sites is 2. The van der Waals surface area contributed by atoms with E-state index in [0.717, 1.165) is 45.6 Å². The highest BCUT2D eigenvalue weighted by Crippen LogP contribution is 2.37. The Balaban J connectivity index is 1.27. The molecule has 4 aromatic rings. The molecule has 6 rings (SSSR count). The van der Waals surface area contributed by atoms with Gasteiger partial charge in [-0.05, 0) is 47.5 Å². The molecule has 0 bridgehead atoms. The highest BCUT2D eigenvalue weighted by molar-refractivity contribution is 6.09. The topological polar surface area (TPSA) is 50.5 Å². The molecule has 0 amide bonds. The zero-order valence-corrected chi connectivity index (χ0v) is 18.7. The normalized spacial score (nSPS) is 18.5. The van der Waals surface area contributed by atoms with Crippen molar-refractivity contribution in [2.45, 2.75) is 32.1 Å². The Morgan fingerprint density at radius 3 is 1.45 bits per heavy atom. The molecule has 33 heavy (non-hydrogen) atoms. The second-order valence-corrected chi connectivity index (χ2v) is 8.76. The number of pyridine rings is 2. The quantitative estimate of drug-likeness (QED) is 0.370. The fourth-order valence-electron chi connectivity index (χ4n) is 4.84. The van der Waals surface area contributed by atoms with Gasteiger partial charge in [-0.25, -0.2) is 0 Å². The predicted octanol–water partition coefficient (Wildman–Crippen LogP) is 6.54. The van der Waals surface area contributed by atoms with Crippen molar-refractivity contribution >= 4 is 22.8 Å². The number of aliphatic imine (C=N–C) groups is 2. The van der Waals surface area contributed by atoms with Crippen molar-refractivity contribution in [3.8, 4) is 0 Å². The summed E-state index contributed by atoms with van der Waals surface area (Å²) >= 11 is 0. The molecule has 2 unspecified atom stereocenters. The molecule has 4 nitrogen and oxygen atoms in total. The Hall–Kier alpha value is -3.92. The van der Waals surface area contributed by atoms with Crippen molar-refractivity contribution in [1.29, 1.82) is 0 Å². The van der Waals surface area contributed by atoms with Crippen LogP contribution in [0.15, 0.2) is 94.9 Å². The monoisotopic (exact) mass is 428 g/mol. The summed E-state index contributed by atoms with van der Waals surface area (Å²) in [4.78, 5) is 19.7. The highest BCUT2D eigenvalue weighted by Gasteiger charge is 2.26. The van der Waals surface area contributed by atoms with Crippen LogP contribution < -0.4 is 0 Å². The van der Waals surface area contributed by atoms with E-state index in [1.165, 1.54) is 11.1 Å². The maximum absolute atomic E-state index is 4.96. The number of benzene rings is 2. The average Bonchev–Trinajstić information content (AvgIpc) is 3.37. The number of rotatable bonds is 4. The third kappa shape index (κ3) is 3.48. The van der Waals surface area contributed by atoms with Crippen molar-refractivity contribution < 1.29 is 0 Å². The van der Waals surface area contributed by atoms with Crippen molar-refractivity contribution in [3.05, 3.63) is 119 Å². The van der Waals surface area contributed by atoms with Crippen LogP contribution in [0.3, 0.4) is 0 Å². The first kappa shape index (κ1) is 19.7. The summed E-state index contributed by atoms with van der Waals surface area (Å²) in [6.45, 7) is 4.40. The molecule has 0 fully saturated rings. The lowest BCUT2D eigenvalue weighted by Gasteiger charge is -2.11. The van der Waals surface area contributed by atoms with E-state index in [4.69, 9.17) is 20.0 Å². The summed E-state index contributed by atoms with van der Waals surface area (Å²) in [5, 5.41) is 0. The summed E-state index contributed by atoms with van der Waals surface area (Å²) in [5.74, 6) is 0.489. The first-order chi connectivity index (χ1) is 16.2. The van der Waals surface area contributed by atoms with Crippen molar-refractivity contribution in [2.24, 2.45) is 9.98 Å². The molecule has 0 radical (unpaired) electrons. The van der Waals surface area contributed by atoms with Crippen LogP contribution in [-0.2, 0) is 6.42 Å². The molecular weight excluding hydrogens is 404 g/mol. The van der Waals surface area contributed by atoms with Crippen molar-refractivity contribution in [2.75, 3.05) is 0 Å². The standard InChI is InChI=1S/C29H24N4/c1-18-22-11-3-5-13-24(22)32-28(18)26-15-7-9-20(30-26)17-21-10-8-16-27(31-21)29-19(2)23-12-4-6-14-25(23)33-29/h3-16,18-19H,17H2,1-2H3. The molecule has 0 aliphatic carbocycles. The molecule has 2 aliphatic heterocycles. The minimum Gasteiger partial charge on any atom is -0.251 e. The van der Waals surface area contributed by atoms with Gasteiger partial charge in [-0.2, -0.15) is 0 Å². The van der Waals surface area contributed by atoms with Gasteiger partial charge in [0.2, 0.25) is 0 Å². The molecule has 160 valence electrons. The summed E-state index contributed by atoms with van der Waals surface area (Å²) in [6.07, 6.45) is 0.672. The van der Waals surface area contributed by atoms with Crippen LogP contribution >= 0.6 is 0 Å². The van der Waals surface area contributed by atoms with Crippen LogP contribution in [0.1, 0.15) is 59.6 Å². The van der Waals surface area contributed by atoms with Gasteiger partial charge in [-0.3, -0.25) is 20.0 Å². The first-order valence-corrected chi connectivity index (χ1v) is 11.4. The maximum atomic E-state index is 4.96. The lowest BCUT2D eigenvalue weighted by atomic mass is 9.95. The van der Waals surface area contributed by atoms with Crippen LogP contribution in [0.2, 0.25) is 0 Å². The van der Waals surface area contributed by atoms with E-state index in [0.29, 0.717) is 6.42 Å². The molecule has 0 saturated carbocycles. The van der Waals surface area contributed by atoms with E-state index >= 15 is 0 Å². The lowest BCUT2D eigenvalue weighted by Crippen LogP contribution is -2.11. The van der Waals surface area contributed by atoms with Crippen LogP contribution in [-0.4, -0.2) is 21.4 Å². The summed E-state index contributed by atoms with van der Waals surface area (Å²) in [5.41, 5.74) is 10.6. The number of aromatic nitrogens is 2. The second-order valence-electron chi connectivity index (χ2n) is 8.76. The van der Waals surface area contributed by atoms with E-state index in [1.54, 1.807) is 0 Å².